The summed E-state index contributed by atoms with van der Waals surface area (Å²) in [5, 5.41) is 3.45. The molecule has 0 aromatic heterocycles. The Balaban J connectivity index is 3.61. The van der Waals surface area contributed by atoms with Crippen molar-refractivity contribution in [3.05, 3.63) is 12.2 Å². The standard InChI is InChI=1S/C11H23NO/c1-5-7-11(9-13-4)12-8-10(3)6-2/h11-12H,3,5-9H2,1-2,4H3. The predicted octanol–water partition coefficient (Wildman–Crippen LogP) is 2.36. The highest BCUT2D eigenvalue weighted by molar-refractivity contribution is 4.95. The zero-order valence-electron chi connectivity index (χ0n) is 9.23. The van der Waals surface area contributed by atoms with Crippen molar-refractivity contribution in [2.24, 2.45) is 0 Å². The van der Waals surface area contributed by atoms with Crippen molar-refractivity contribution in [1.82, 2.24) is 5.32 Å². The first-order chi connectivity index (χ1) is 6.24. The maximum atomic E-state index is 5.13. The molecule has 0 aliphatic rings. The van der Waals surface area contributed by atoms with Crippen LogP contribution in [0.3, 0.4) is 0 Å². The number of nitrogens with one attached hydrogen (secondary N) is 1. The molecule has 0 bridgehead atoms. The van der Waals surface area contributed by atoms with Gasteiger partial charge in [-0.3, -0.25) is 0 Å². The van der Waals surface area contributed by atoms with Crippen LogP contribution < -0.4 is 5.32 Å². The first kappa shape index (κ1) is 12.7. The van der Waals surface area contributed by atoms with Gasteiger partial charge in [-0.05, 0) is 12.8 Å². The third-order valence-electron chi connectivity index (χ3n) is 2.15. The molecule has 1 unspecified atom stereocenters. The third-order valence-corrected chi connectivity index (χ3v) is 2.15. The van der Waals surface area contributed by atoms with Gasteiger partial charge >= 0.3 is 0 Å². The van der Waals surface area contributed by atoms with Crippen molar-refractivity contribution in [1.29, 1.82) is 0 Å². The van der Waals surface area contributed by atoms with Gasteiger partial charge in [-0.1, -0.05) is 32.4 Å². The van der Waals surface area contributed by atoms with Crippen molar-refractivity contribution in [3.63, 3.8) is 0 Å². The van der Waals surface area contributed by atoms with Crippen LogP contribution in [0, 0.1) is 0 Å². The second-order valence-electron chi connectivity index (χ2n) is 3.43. The number of methoxy groups -OCH3 is 1. The van der Waals surface area contributed by atoms with E-state index in [-0.39, 0.29) is 0 Å². The van der Waals surface area contributed by atoms with Crippen LogP contribution in [-0.2, 0) is 4.74 Å². The number of hydrogen-bond acceptors (Lipinski definition) is 2. The van der Waals surface area contributed by atoms with Crippen LogP contribution in [0.15, 0.2) is 12.2 Å². The lowest BCUT2D eigenvalue weighted by Crippen LogP contribution is -2.34. The lowest BCUT2D eigenvalue weighted by molar-refractivity contribution is 0.163. The quantitative estimate of drug-likeness (QED) is 0.586. The van der Waals surface area contributed by atoms with E-state index in [1.165, 1.54) is 18.4 Å². The first-order valence-corrected chi connectivity index (χ1v) is 5.13. The van der Waals surface area contributed by atoms with Gasteiger partial charge in [-0.2, -0.15) is 0 Å². The van der Waals surface area contributed by atoms with Crippen LogP contribution in [0.5, 0.6) is 0 Å². The summed E-state index contributed by atoms with van der Waals surface area (Å²) in [6.45, 7) is 10.0. The van der Waals surface area contributed by atoms with Gasteiger partial charge in [0, 0.05) is 19.7 Å². The molecule has 0 rings (SSSR count). The molecule has 78 valence electrons. The van der Waals surface area contributed by atoms with E-state index in [1.807, 2.05) is 0 Å². The van der Waals surface area contributed by atoms with Crippen LogP contribution in [0.25, 0.3) is 0 Å². The fraction of sp³-hybridized carbons (Fsp3) is 0.818. The maximum absolute atomic E-state index is 5.13. The molecule has 0 radical (unpaired) electrons. The van der Waals surface area contributed by atoms with Crippen LogP contribution in [0.2, 0.25) is 0 Å². The molecule has 1 atom stereocenters. The van der Waals surface area contributed by atoms with E-state index in [1.54, 1.807) is 7.11 Å². The van der Waals surface area contributed by atoms with E-state index < -0.39 is 0 Å². The Hall–Kier alpha value is -0.340. The molecule has 0 saturated carbocycles. The molecule has 0 aromatic rings. The van der Waals surface area contributed by atoms with Gasteiger partial charge in [0.05, 0.1) is 6.61 Å². The molecule has 0 aromatic carbocycles. The lowest BCUT2D eigenvalue weighted by atomic mass is 10.1. The summed E-state index contributed by atoms with van der Waals surface area (Å²) in [5.41, 5.74) is 1.26. The minimum absolute atomic E-state index is 0.485. The molecule has 2 heteroatoms. The highest BCUT2D eigenvalue weighted by Crippen LogP contribution is 1.99. The monoisotopic (exact) mass is 185 g/mol. The molecule has 0 spiro atoms. The molecule has 1 N–H and O–H groups in total. The van der Waals surface area contributed by atoms with Crippen molar-refractivity contribution in [2.75, 3.05) is 20.3 Å². The Kier molecular flexibility index (Phi) is 8.05. The first-order valence-electron chi connectivity index (χ1n) is 5.13. The number of ether oxygens (including phenoxy) is 1. The smallest absolute Gasteiger partial charge is 0.0615 e. The molecule has 13 heavy (non-hydrogen) atoms. The van der Waals surface area contributed by atoms with Crippen LogP contribution in [-0.4, -0.2) is 26.3 Å². The van der Waals surface area contributed by atoms with E-state index in [0.717, 1.165) is 19.6 Å². The van der Waals surface area contributed by atoms with Gasteiger partial charge < -0.3 is 10.1 Å². The van der Waals surface area contributed by atoms with Crippen LogP contribution >= 0.6 is 0 Å². The summed E-state index contributed by atoms with van der Waals surface area (Å²) in [6, 6.07) is 0.485. The average molecular weight is 185 g/mol. The molecule has 0 aliphatic heterocycles. The Bertz CT molecular complexity index is 128. The Morgan fingerprint density at radius 2 is 2.15 bits per heavy atom. The van der Waals surface area contributed by atoms with Crippen LogP contribution in [0.4, 0.5) is 0 Å². The summed E-state index contributed by atoms with van der Waals surface area (Å²) in [4.78, 5) is 0. The van der Waals surface area contributed by atoms with Gasteiger partial charge in [0.15, 0.2) is 0 Å². The largest absolute Gasteiger partial charge is 0.383 e. The fourth-order valence-electron chi connectivity index (χ4n) is 1.21. The van der Waals surface area contributed by atoms with Crippen molar-refractivity contribution in [2.45, 2.75) is 39.2 Å². The summed E-state index contributed by atoms with van der Waals surface area (Å²) >= 11 is 0. The Labute approximate surface area is 82.4 Å². The highest BCUT2D eigenvalue weighted by Gasteiger charge is 2.05. The summed E-state index contributed by atoms with van der Waals surface area (Å²) in [6.07, 6.45) is 3.42. The van der Waals surface area contributed by atoms with Crippen LogP contribution in [0.1, 0.15) is 33.1 Å². The van der Waals surface area contributed by atoms with E-state index in [9.17, 15) is 0 Å². The van der Waals surface area contributed by atoms with Crippen molar-refractivity contribution < 1.29 is 4.74 Å². The van der Waals surface area contributed by atoms with Gasteiger partial charge in [-0.25, -0.2) is 0 Å². The third kappa shape index (κ3) is 6.79. The zero-order chi connectivity index (χ0) is 10.1. The Morgan fingerprint density at radius 3 is 2.62 bits per heavy atom. The maximum Gasteiger partial charge on any atom is 0.0615 e. The molecule has 0 aliphatic carbocycles. The zero-order valence-corrected chi connectivity index (χ0v) is 9.23. The normalized spacial score (nSPS) is 12.8. The van der Waals surface area contributed by atoms with Gasteiger partial charge in [0.2, 0.25) is 0 Å². The molecule has 0 amide bonds. The molecular formula is C11H23NO. The topological polar surface area (TPSA) is 21.3 Å². The minimum Gasteiger partial charge on any atom is -0.383 e. The highest BCUT2D eigenvalue weighted by atomic mass is 16.5. The van der Waals surface area contributed by atoms with Gasteiger partial charge in [-0.15, -0.1) is 0 Å². The summed E-state index contributed by atoms with van der Waals surface area (Å²) in [7, 11) is 1.75. The van der Waals surface area contributed by atoms with Gasteiger partial charge in [0.1, 0.15) is 0 Å². The van der Waals surface area contributed by atoms with Crippen molar-refractivity contribution in [3.8, 4) is 0 Å². The lowest BCUT2D eigenvalue weighted by Gasteiger charge is -2.17. The minimum atomic E-state index is 0.485. The van der Waals surface area contributed by atoms with E-state index >= 15 is 0 Å². The summed E-state index contributed by atoms with van der Waals surface area (Å²) < 4.78 is 5.13. The molecule has 0 saturated heterocycles. The average Bonchev–Trinajstić information content (AvgIpc) is 2.14. The number of hydrogen-bond donors (Lipinski definition) is 1. The summed E-state index contributed by atoms with van der Waals surface area (Å²) in [5.74, 6) is 0. The Morgan fingerprint density at radius 1 is 1.46 bits per heavy atom. The fourth-order valence-corrected chi connectivity index (χ4v) is 1.21. The number of rotatable bonds is 8. The second kappa shape index (κ2) is 8.27. The SMILES string of the molecule is C=C(CC)CNC(CCC)COC. The molecular weight excluding hydrogens is 162 g/mol. The predicted molar refractivity (Wildman–Crippen MR) is 58.0 cm³/mol. The second-order valence-corrected chi connectivity index (χ2v) is 3.43. The van der Waals surface area contributed by atoms with E-state index in [4.69, 9.17) is 4.74 Å². The molecule has 2 nitrogen and oxygen atoms in total. The van der Waals surface area contributed by atoms with E-state index in [2.05, 4.69) is 25.7 Å². The molecule has 0 fully saturated rings. The van der Waals surface area contributed by atoms with E-state index in [0.29, 0.717) is 6.04 Å². The van der Waals surface area contributed by atoms with Crippen molar-refractivity contribution >= 4 is 0 Å². The molecule has 0 heterocycles. The van der Waals surface area contributed by atoms with Gasteiger partial charge in [0.25, 0.3) is 0 Å².